The normalized spacial score (nSPS) is 14.5. The van der Waals surface area contributed by atoms with Crippen LogP contribution in [0.2, 0.25) is 0 Å². The number of amides is 1. The molecule has 8 nitrogen and oxygen atoms in total. The van der Waals surface area contributed by atoms with E-state index < -0.39 is 10.0 Å². The van der Waals surface area contributed by atoms with Crippen LogP contribution in [-0.2, 0) is 23.1 Å². The van der Waals surface area contributed by atoms with Gasteiger partial charge >= 0.3 is 0 Å². The van der Waals surface area contributed by atoms with E-state index in [-0.39, 0.29) is 30.2 Å². The zero-order chi connectivity index (χ0) is 24.4. The van der Waals surface area contributed by atoms with Crippen molar-refractivity contribution in [2.75, 3.05) is 13.9 Å². The average Bonchev–Trinajstić information content (AvgIpc) is 3.62. The number of fused-ring (bicyclic) bond motifs is 1. The minimum atomic E-state index is -3.83. The van der Waals surface area contributed by atoms with Crippen molar-refractivity contribution in [3.05, 3.63) is 83.4 Å². The molecular formula is C26H26N2O6S. The van der Waals surface area contributed by atoms with Gasteiger partial charge < -0.3 is 19.1 Å². The number of carbonyl (C=O) groups excluding carboxylic acids is 1. The molecule has 0 radical (unpaired) electrons. The number of sulfonamides is 1. The second-order valence-corrected chi connectivity index (χ2v) is 10.3. The van der Waals surface area contributed by atoms with Gasteiger partial charge in [0.25, 0.3) is 5.91 Å². The molecule has 0 aromatic heterocycles. The molecule has 5 rings (SSSR count). The number of ether oxygens (including phenoxy) is 3. The Balaban J connectivity index is 1.30. The summed E-state index contributed by atoms with van der Waals surface area (Å²) in [6, 6.07) is 19.2. The van der Waals surface area contributed by atoms with Crippen LogP contribution in [0.1, 0.15) is 34.3 Å². The van der Waals surface area contributed by atoms with E-state index in [4.69, 9.17) is 14.2 Å². The molecule has 3 aromatic carbocycles. The molecule has 2 aliphatic rings. The largest absolute Gasteiger partial charge is 0.497 e. The van der Waals surface area contributed by atoms with Crippen molar-refractivity contribution in [1.82, 2.24) is 9.62 Å². The lowest BCUT2D eigenvalue weighted by molar-refractivity contribution is 0.0729. The molecular weight excluding hydrogens is 468 g/mol. The van der Waals surface area contributed by atoms with Gasteiger partial charge in [0.05, 0.1) is 12.0 Å². The molecule has 0 bridgehead atoms. The first-order chi connectivity index (χ1) is 16.9. The molecule has 0 spiro atoms. The van der Waals surface area contributed by atoms with E-state index in [1.807, 2.05) is 29.2 Å². The summed E-state index contributed by atoms with van der Waals surface area (Å²) in [6.07, 6.45) is 1.88. The van der Waals surface area contributed by atoms with Crippen LogP contribution in [0.3, 0.4) is 0 Å². The molecule has 182 valence electrons. The number of benzene rings is 3. The van der Waals surface area contributed by atoms with Gasteiger partial charge in [0.15, 0.2) is 11.5 Å². The minimum Gasteiger partial charge on any atom is -0.497 e. The van der Waals surface area contributed by atoms with Crippen LogP contribution in [0.5, 0.6) is 17.2 Å². The van der Waals surface area contributed by atoms with E-state index in [0.29, 0.717) is 23.6 Å². The summed E-state index contributed by atoms with van der Waals surface area (Å²) < 4.78 is 44.4. The topological polar surface area (TPSA) is 94.2 Å². The Hall–Kier alpha value is -3.56. The predicted octanol–water partition coefficient (Wildman–Crippen LogP) is 3.71. The van der Waals surface area contributed by atoms with Gasteiger partial charge in [-0.05, 0) is 66.4 Å². The smallest absolute Gasteiger partial charge is 0.254 e. The summed E-state index contributed by atoms with van der Waals surface area (Å²) in [5, 5.41) is 0. The van der Waals surface area contributed by atoms with Crippen LogP contribution in [0, 0.1) is 0 Å². The lowest BCUT2D eigenvalue weighted by Gasteiger charge is -2.23. The summed E-state index contributed by atoms with van der Waals surface area (Å²) >= 11 is 0. The fourth-order valence-electron chi connectivity index (χ4n) is 3.96. The first-order valence-electron chi connectivity index (χ1n) is 11.3. The van der Waals surface area contributed by atoms with Crippen LogP contribution in [0.4, 0.5) is 0 Å². The first kappa shape index (κ1) is 23.2. The second-order valence-electron chi connectivity index (χ2n) is 8.55. The molecule has 0 unspecified atom stereocenters. The van der Waals surface area contributed by atoms with Crippen LogP contribution < -0.4 is 18.9 Å². The van der Waals surface area contributed by atoms with E-state index >= 15 is 0 Å². The van der Waals surface area contributed by atoms with Crippen molar-refractivity contribution in [3.8, 4) is 17.2 Å². The van der Waals surface area contributed by atoms with Crippen molar-refractivity contribution in [1.29, 1.82) is 0 Å². The van der Waals surface area contributed by atoms with Gasteiger partial charge in [0.1, 0.15) is 5.75 Å². The molecule has 3 aromatic rings. The maximum absolute atomic E-state index is 13.4. The van der Waals surface area contributed by atoms with E-state index in [9.17, 15) is 13.2 Å². The summed E-state index contributed by atoms with van der Waals surface area (Å²) in [6.45, 7) is 0.692. The zero-order valence-corrected chi connectivity index (χ0v) is 20.1. The molecule has 1 N–H and O–H groups in total. The number of hydrogen-bond acceptors (Lipinski definition) is 6. The Kier molecular flexibility index (Phi) is 6.36. The number of carbonyl (C=O) groups is 1. The molecule has 1 saturated carbocycles. The third-order valence-corrected chi connectivity index (χ3v) is 7.45. The Morgan fingerprint density at radius 1 is 1.00 bits per heavy atom. The van der Waals surface area contributed by atoms with Gasteiger partial charge in [0.2, 0.25) is 16.8 Å². The van der Waals surface area contributed by atoms with Gasteiger partial charge in [-0.2, -0.15) is 0 Å². The molecule has 1 aliphatic carbocycles. The van der Waals surface area contributed by atoms with Gasteiger partial charge in [-0.25, -0.2) is 13.1 Å². The van der Waals surface area contributed by atoms with Crippen molar-refractivity contribution in [3.63, 3.8) is 0 Å². The highest BCUT2D eigenvalue weighted by atomic mass is 32.2. The van der Waals surface area contributed by atoms with Gasteiger partial charge in [-0.3, -0.25) is 4.79 Å². The zero-order valence-electron chi connectivity index (χ0n) is 19.3. The van der Waals surface area contributed by atoms with E-state index in [1.165, 1.54) is 12.1 Å². The minimum absolute atomic E-state index is 0.0456. The Labute approximate surface area is 204 Å². The third-order valence-electron chi connectivity index (χ3n) is 6.06. The lowest BCUT2D eigenvalue weighted by atomic mass is 10.1. The molecule has 1 aliphatic heterocycles. The maximum atomic E-state index is 13.4. The number of nitrogens with zero attached hydrogens (tertiary/aromatic N) is 1. The highest BCUT2D eigenvalue weighted by Crippen LogP contribution is 2.33. The van der Waals surface area contributed by atoms with Crippen molar-refractivity contribution < 1.29 is 27.4 Å². The molecule has 1 amide bonds. The molecule has 1 fully saturated rings. The molecule has 0 atom stereocenters. The molecule has 1 heterocycles. The van der Waals surface area contributed by atoms with Crippen molar-refractivity contribution in [2.24, 2.45) is 0 Å². The van der Waals surface area contributed by atoms with Crippen LogP contribution in [0.15, 0.2) is 71.6 Å². The summed E-state index contributed by atoms with van der Waals surface area (Å²) in [7, 11) is -2.22. The van der Waals surface area contributed by atoms with Crippen LogP contribution >= 0.6 is 0 Å². The quantitative estimate of drug-likeness (QED) is 0.488. The lowest BCUT2D eigenvalue weighted by Crippen LogP contribution is -2.33. The van der Waals surface area contributed by atoms with E-state index in [1.54, 1.807) is 37.4 Å². The summed E-state index contributed by atoms with van der Waals surface area (Å²) in [4.78, 5) is 15.2. The fourth-order valence-corrected chi connectivity index (χ4v) is 5.02. The second kappa shape index (κ2) is 9.59. The number of methoxy groups -OCH3 is 1. The number of rotatable bonds is 9. The molecule has 9 heteroatoms. The Bertz CT molecular complexity index is 1340. The average molecular weight is 495 g/mol. The number of nitrogens with one attached hydrogen (secondary N) is 1. The van der Waals surface area contributed by atoms with Crippen molar-refractivity contribution in [2.45, 2.75) is 36.9 Å². The highest BCUT2D eigenvalue weighted by molar-refractivity contribution is 7.89. The SMILES string of the molecule is COc1ccc(CN(C(=O)c2cccc(S(=O)(=O)NCc3ccc4c(c3)OCO4)c2)C2CC2)cc1. The highest BCUT2D eigenvalue weighted by Gasteiger charge is 2.33. The van der Waals surface area contributed by atoms with Gasteiger partial charge in [-0.15, -0.1) is 0 Å². The van der Waals surface area contributed by atoms with E-state index in [2.05, 4.69) is 4.72 Å². The fraction of sp³-hybridized carbons (Fsp3) is 0.269. The predicted molar refractivity (Wildman–Crippen MR) is 129 cm³/mol. The Morgan fingerprint density at radius 3 is 2.49 bits per heavy atom. The van der Waals surface area contributed by atoms with Gasteiger partial charge in [-0.1, -0.05) is 24.3 Å². The van der Waals surface area contributed by atoms with Gasteiger partial charge in [0, 0.05) is 24.7 Å². The van der Waals surface area contributed by atoms with Crippen molar-refractivity contribution >= 4 is 15.9 Å². The summed E-state index contributed by atoms with van der Waals surface area (Å²) in [5.74, 6) is 1.80. The maximum Gasteiger partial charge on any atom is 0.254 e. The van der Waals surface area contributed by atoms with Crippen LogP contribution in [-0.4, -0.2) is 39.2 Å². The molecule has 0 saturated heterocycles. The molecule has 35 heavy (non-hydrogen) atoms. The number of hydrogen-bond donors (Lipinski definition) is 1. The van der Waals surface area contributed by atoms with E-state index in [0.717, 1.165) is 29.7 Å². The third kappa shape index (κ3) is 5.26. The standard InChI is InChI=1S/C26H26N2O6S/c1-32-22-10-5-18(6-11-22)16-28(21-8-9-21)26(29)20-3-2-4-23(14-20)35(30,31)27-15-19-7-12-24-25(13-19)34-17-33-24/h2-7,10-14,21,27H,8-9,15-17H2,1H3. The monoisotopic (exact) mass is 494 g/mol. The first-order valence-corrected chi connectivity index (χ1v) is 12.8. The Morgan fingerprint density at radius 2 is 1.74 bits per heavy atom. The van der Waals surface area contributed by atoms with Crippen LogP contribution in [0.25, 0.3) is 0 Å². The summed E-state index contributed by atoms with van der Waals surface area (Å²) in [5.41, 5.74) is 2.07.